The molecule has 0 aliphatic heterocycles. The van der Waals surface area contributed by atoms with Crippen LogP contribution in [0.4, 0.5) is 22.9 Å². The molecular weight excluding hydrogens is 466 g/mol. The average molecular weight is 498 g/mol. The van der Waals surface area contributed by atoms with Crippen LogP contribution in [0.25, 0.3) is 22.0 Å². The first kappa shape index (κ1) is 23.9. The largest absolute Gasteiger partial charge is 0.354 e. The van der Waals surface area contributed by atoms with Crippen LogP contribution in [0.2, 0.25) is 0 Å². The molecule has 0 atom stereocenters. The number of hydrogen-bond donors (Lipinski definition) is 2. The fourth-order valence-corrected chi connectivity index (χ4v) is 6.01. The van der Waals surface area contributed by atoms with Gasteiger partial charge in [-0.15, -0.1) is 0 Å². The summed E-state index contributed by atoms with van der Waals surface area (Å²) in [6.45, 7) is 12.7. The minimum absolute atomic E-state index is 0.0244. The third kappa shape index (κ3) is 3.84. The van der Waals surface area contributed by atoms with E-state index in [9.17, 15) is 4.79 Å². The number of carbonyl (C=O) groups is 1. The van der Waals surface area contributed by atoms with E-state index in [0.29, 0.717) is 11.1 Å². The standard InChI is InChI=1S/C34H31N3O/c1-18-13-20(3)32(21(4)14-18)36-28-12-11-27-30-26(24-9-7-8-10-25(24)34(38)31(28)30)17-29(35-27)37-33-22(5)15-19(2)16-23(33)6/h7-17,36H,1-6H3,(H,35,37). The van der Waals surface area contributed by atoms with Crippen LogP contribution in [-0.2, 0) is 0 Å². The number of aryl methyl sites for hydroxylation is 6. The van der Waals surface area contributed by atoms with E-state index in [1.54, 1.807) is 0 Å². The van der Waals surface area contributed by atoms with Crippen LogP contribution in [0.15, 0.2) is 66.7 Å². The Kier molecular flexibility index (Phi) is 5.57. The van der Waals surface area contributed by atoms with Gasteiger partial charge in [0.05, 0.1) is 16.8 Å². The Morgan fingerprint density at radius 1 is 0.605 bits per heavy atom. The maximum atomic E-state index is 13.9. The summed E-state index contributed by atoms with van der Waals surface area (Å²) in [5.74, 6) is 0.792. The lowest BCUT2D eigenvalue weighted by Crippen LogP contribution is -2.14. The highest BCUT2D eigenvalue weighted by Gasteiger charge is 2.29. The molecule has 0 fully saturated rings. The van der Waals surface area contributed by atoms with Crippen molar-refractivity contribution >= 4 is 39.6 Å². The summed E-state index contributed by atoms with van der Waals surface area (Å²) >= 11 is 0. The first-order chi connectivity index (χ1) is 18.2. The molecule has 4 nitrogen and oxygen atoms in total. The van der Waals surface area contributed by atoms with Crippen molar-refractivity contribution in [3.05, 3.63) is 111 Å². The smallest absolute Gasteiger partial charge is 0.196 e. The van der Waals surface area contributed by atoms with Crippen LogP contribution in [-0.4, -0.2) is 10.8 Å². The normalized spacial score (nSPS) is 12.0. The van der Waals surface area contributed by atoms with Gasteiger partial charge in [-0.05, 0) is 93.1 Å². The second-order valence-electron chi connectivity index (χ2n) is 10.6. The second kappa shape index (κ2) is 8.84. The van der Waals surface area contributed by atoms with Gasteiger partial charge in [0.15, 0.2) is 5.78 Å². The van der Waals surface area contributed by atoms with E-state index < -0.39 is 0 Å². The highest BCUT2D eigenvalue weighted by molar-refractivity contribution is 6.28. The molecule has 0 amide bonds. The monoisotopic (exact) mass is 497 g/mol. The number of nitrogens with one attached hydrogen (secondary N) is 2. The van der Waals surface area contributed by atoms with Crippen molar-refractivity contribution in [3.63, 3.8) is 0 Å². The van der Waals surface area contributed by atoms with Gasteiger partial charge in [0.25, 0.3) is 0 Å². The number of anilines is 4. The summed E-state index contributed by atoms with van der Waals surface area (Å²) < 4.78 is 0. The number of aromatic nitrogens is 1. The summed E-state index contributed by atoms with van der Waals surface area (Å²) in [5, 5.41) is 8.09. The molecule has 2 N–H and O–H groups in total. The van der Waals surface area contributed by atoms with E-state index in [-0.39, 0.29) is 5.78 Å². The molecule has 0 unspecified atom stereocenters. The molecule has 5 aromatic rings. The fraction of sp³-hybridized carbons (Fsp3) is 0.176. The van der Waals surface area contributed by atoms with E-state index in [1.807, 2.05) is 36.4 Å². The molecule has 38 heavy (non-hydrogen) atoms. The zero-order valence-corrected chi connectivity index (χ0v) is 22.7. The maximum absolute atomic E-state index is 13.9. The number of fused-ring (bicyclic) bond motifs is 2. The Bertz CT molecular complexity index is 1750. The number of hydrogen-bond acceptors (Lipinski definition) is 4. The molecule has 0 bridgehead atoms. The Balaban J connectivity index is 1.56. The molecule has 1 aromatic heterocycles. The maximum Gasteiger partial charge on any atom is 0.196 e. The zero-order valence-electron chi connectivity index (χ0n) is 22.7. The SMILES string of the molecule is Cc1cc(C)c(Nc2cc3c4c(c(Nc5c(C)cc(C)cc5C)ccc4n2)C(=O)c2ccccc2-3)c(C)c1. The van der Waals surface area contributed by atoms with Crippen molar-refractivity contribution in [1.82, 2.24) is 4.98 Å². The quantitative estimate of drug-likeness (QED) is 0.255. The van der Waals surface area contributed by atoms with Crippen LogP contribution in [0.5, 0.6) is 0 Å². The molecule has 0 saturated carbocycles. The Morgan fingerprint density at radius 3 is 1.76 bits per heavy atom. The highest BCUT2D eigenvalue weighted by atomic mass is 16.1. The highest BCUT2D eigenvalue weighted by Crippen LogP contribution is 2.44. The van der Waals surface area contributed by atoms with Gasteiger partial charge in [0.2, 0.25) is 0 Å². The van der Waals surface area contributed by atoms with Crippen molar-refractivity contribution in [2.75, 3.05) is 10.6 Å². The number of rotatable bonds is 4. The second-order valence-corrected chi connectivity index (χ2v) is 10.6. The van der Waals surface area contributed by atoms with E-state index in [2.05, 4.69) is 82.5 Å². The van der Waals surface area contributed by atoms with Gasteiger partial charge < -0.3 is 10.6 Å². The van der Waals surface area contributed by atoms with Gasteiger partial charge in [0, 0.05) is 22.3 Å². The van der Waals surface area contributed by atoms with Gasteiger partial charge in [-0.3, -0.25) is 4.79 Å². The average Bonchev–Trinajstić information content (AvgIpc) is 2.87. The van der Waals surface area contributed by atoms with Crippen LogP contribution in [0.3, 0.4) is 0 Å². The predicted molar refractivity (Wildman–Crippen MR) is 158 cm³/mol. The van der Waals surface area contributed by atoms with Gasteiger partial charge >= 0.3 is 0 Å². The van der Waals surface area contributed by atoms with E-state index in [1.165, 1.54) is 22.3 Å². The number of benzene rings is 4. The van der Waals surface area contributed by atoms with Crippen molar-refractivity contribution in [2.24, 2.45) is 0 Å². The number of pyridine rings is 1. The molecule has 0 saturated heterocycles. The number of carbonyl (C=O) groups excluding carboxylic acids is 1. The lowest BCUT2D eigenvalue weighted by Gasteiger charge is -2.24. The van der Waals surface area contributed by atoms with Gasteiger partial charge in [-0.25, -0.2) is 4.98 Å². The molecule has 188 valence electrons. The van der Waals surface area contributed by atoms with Crippen molar-refractivity contribution < 1.29 is 4.79 Å². The summed E-state index contributed by atoms with van der Waals surface area (Å²) in [6.07, 6.45) is 0. The fourth-order valence-electron chi connectivity index (χ4n) is 6.01. The molecule has 1 heterocycles. The van der Waals surface area contributed by atoms with Crippen LogP contribution in [0.1, 0.15) is 49.3 Å². The van der Waals surface area contributed by atoms with Crippen molar-refractivity contribution in [3.8, 4) is 11.1 Å². The van der Waals surface area contributed by atoms with Crippen LogP contribution >= 0.6 is 0 Å². The predicted octanol–water partition coefficient (Wildman–Crippen LogP) is 8.78. The lowest BCUT2D eigenvalue weighted by atomic mass is 9.83. The van der Waals surface area contributed by atoms with Crippen molar-refractivity contribution in [1.29, 1.82) is 0 Å². The van der Waals surface area contributed by atoms with Gasteiger partial charge in [-0.2, -0.15) is 0 Å². The molecule has 4 aromatic carbocycles. The molecule has 1 aliphatic carbocycles. The first-order valence-electron chi connectivity index (χ1n) is 13.0. The summed E-state index contributed by atoms with van der Waals surface area (Å²) in [4.78, 5) is 18.9. The molecule has 0 spiro atoms. The molecule has 1 aliphatic rings. The third-order valence-electron chi connectivity index (χ3n) is 7.53. The van der Waals surface area contributed by atoms with Crippen LogP contribution in [0, 0.1) is 41.5 Å². The van der Waals surface area contributed by atoms with E-state index in [4.69, 9.17) is 4.98 Å². The van der Waals surface area contributed by atoms with E-state index >= 15 is 0 Å². The molecule has 4 heteroatoms. The molecular formula is C34H31N3O. The topological polar surface area (TPSA) is 54.0 Å². The Labute approximate surface area is 223 Å². The lowest BCUT2D eigenvalue weighted by molar-refractivity contribution is 0.104. The molecule has 6 rings (SSSR count). The summed E-state index contributed by atoms with van der Waals surface area (Å²) in [5.41, 5.74) is 14.2. The number of nitrogens with zero attached hydrogens (tertiary/aromatic N) is 1. The minimum atomic E-state index is 0.0244. The first-order valence-corrected chi connectivity index (χ1v) is 13.0. The number of ketones is 1. The van der Waals surface area contributed by atoms with Gasteiger partial charge in [-0.1, -0.05) is 59.7 Å². The summed E-state index contributed by atoms with van der Waals surface area (Å²) in [6, 6.07) is 22.7. The summed E-state index contributed by atoms with van der Waals surface area (Å²) in [7, 11) is 0. The minimum Gasteiger partial charge on any atom is -0.354 e. The molecule has 0 radical (unpaired) electrons. The van der Waals surface area contributed by atoms with Crippen LogP contribution < -0.4 is 10.6 Å². The van der Waals surface area contributed by atoms with E-state index in [0.717, 1.165) is 56.0 Å². The zero-order chi connectivity index (χ0) is 26.7. The van der Waals surface area contributed by atoms with Crippen molar-refractivity contribution in [2.45, 2.75) is 41.5 Å². The Morgan fingerprint density at radius 2 is 1.16 bits per heavy atom. The Hall–Kier alpha value is -4.44. The third-order valence-corrected chi connectivity index (χ3v) is 7.53. The van der Waals surface area contributed by atoms with Gasteiger partial charge in [0.1, 0.15) is 5.82 Å².